The zero-order valence-corrected chi connectivity index (χ0v) is 21.1. The summed E-state index contributed by atoms with van der Waals surface area (Å²) in [6.07, 6.45) is 2.85. The van der Waals surface area contributed by atoms with Crippen LogP contribution in [0.25, 0.3) is 0 Å². The highest BCUT2D eigenvalue weighted by Crippen LogP contribution is 2.33. The van der Waals surface area contributed by atoms with Crippen molar-refractivity contribution in [3.63, 3.8) is 0 Å². The maximum atomic E-state index is 13.4. The third-order valence-corrected chi connectivity index (χ3v) is 7.75. The summed E-state index contributed by atoms with van der Waals surface area (Å²) in [6.45, 7) is 2.75. The minimum Gasteiger partial charge on any atom is -0.497 e. The van der Waals surface area contributed by atoms with E-state index in [1.807, 2.05) is 6.92 Å². The van der Waals surface area contributed by atoms with E-state index in [4.69, 9.17) is 14.2 Å². The van der Waals surface area contributed by atoms with Crippen molar-refractivity contribution in [1.82, 2.24) is 4.31 Å². The van der Waals surface area contributed by atoms with Gasteiger partial charge in [0.25, 0.3) is 0 Å². The van der Waals surface area contributed by atoms with Gasteiger partial charge in [0, 0.05) is 24.8 Å². The number of unbranched alkanes of at least 4 members (excludes halogenated alkanes) is 1. The number of hydrogen-bond donors (Lipinski definition) is 1. The fourth-order valence-corrected chi connectivity index (χ4v) is 5.52. The van der Waals surface area contributed by atoms with E-state index in [1.165, 1.54) is 24.6 Å². The van der Waals surface area contributed by atoms with Crippen LogP contribution in [0.1, 0.15) is 43.0 Å². The van der Waals surface area contributed by atoms with E-state index in [9.17, 15) is 18.0 Å². The number of rotatable bonds is 10. The highest BCUT2D eigenvalue weighted by molar-refractivity contribution is 7.89. The van der Waals surface area contributed by atoms with Crippen LogP contribution in [-0.4, -0.2) is 58.5 Å². The molecule has 1 amide bonds. The molecule has 1 saturated heterocycles. The highest BCUT2D eigenvalue weighted by atomic mass is 32.2. The lowest BCUT2D eigenvalue weighted by atomic mass is 9.98. The van der Waals surface area contributed by atoms with Crippen LogP contribution in [0.4, 0.5) is 5.69 Å². The smallest absolute Gasteiger partial charge is 0.338 e. The van der Waals surface area contributed by atoms with Crippen molar-refractivity contribution in [2.24, 2.45) is 5.92 Å². The largest absolute Gasteiger partial charge is 0.497 e. The Balaban J connectivity index is 1.67. The number of anilines is 1. The molecule has 1 N–H and O–H groups in total. The first-order valence-electron chi connectivity index (χ1n) is 11.6. The average Bonchev–Trinajstić information content (AvgIpc) is 2.88. The van der Waals surface area contributed by atoms with E-state index in [0.29, 0.717) is 43.0 Å². The van der Waals surface area contributed by atoms with Crippen molar-refractivity contribution in [2.45, 2.75) is 37.5 Å². The Kier molecular flexibility index (Phi) is 9.11. The fourth-order valence-electron chi connectivity index (χ4n) is 3.83. The first-order chi connectivity index (χ1) is 16.8. The van der Waals surface area contributed by atoms with E-state index in [2.05, 4.69) is 5.32 Å². The molecule has 35 heavy (non-hydrogen) atoms. The van der Waals surface area contributed by atoms with Crippen LogP contribution < -0.4 is 14.8 Å². The summed E-state index contributed by atoms with van der Waals surface area (Å²) in [5.74, 6) is -0.592. The maximum Gasteiger partial charge on any atom is 0.338 e. The molecule has 1 fully saturated rings. The Morgan fingerprint density at radius 1 is 1.09 bits per heavy atom. The zero-order chi connectivity index (χ0) is 25.4. The van der Waals surface area contributed by atoms with E-state index >= 15 is 0 Å². The highest BCUT2D eigenvalue weighted by Gasteiger charge is 2.35. The van der Waals surface area contributed by atoms with Gasteiger partial charge in [-0.1, -0.05) is 13.3 Å². The molecule has 2 aromatic rings. The monoisotopic (exact) mass is 504 g/mol. The summed E-state index contributed by atoms with van der Waals surface area (Å²) in [4.78, 5) is 25.0. The molecular formula is C25H32N2O7S. The number of hydrogen-bond acceptors (Lipinski definition) is 7. The number of carbonyl (C=O) groups excluding carboxylic acids is 2. The van der Waals surface area contributed by atoms with Gasteiger partial charge in [0.05, 0.1) is 32.3 Å². The number of nitrogens with one attached hydrogen (secondary N) is 1. The SMILES string of the molecule is CCCCOC(=O)c1ccc(NC(=O)[C@@H]2CCCN(S(=O)(=O)c3cc(OC)ccc3OC)C2)cc1. The Labute approximate surface area is 206 Å². The predicted molar refractivity (Wildman–Crippen MR) is 131 cm³/mol. The van der Waals surface area contributed by atoms with Crippen LogP contribution in [-0.2, 0) is 19.6 Å². The van der Waals surface area contributed by atoms with Crippen LogP contribution >= 0.6 is 0 Å². The lowest BCUT2D eigenvalue weighted by molar-refractivity contribution is -0.120. The van der Waals surface area contributed by atoms with Crippen LogP contribution in [0.15, 0.2) is 47.4 Å². The number of sulfonamides is 1. The molecule has 9 nitrogen and oxygen atoms in total. The molecule has 190 valence electrons. The standard InChI is InChI=1S/C25H32N2O7S/c1-4-5-15-34-25(29)18-8-10-20(11-9-18)26-24(28)19-7-6-14-27(17-19)35(30,31)23-16-21(32-2)12-13-22(23)33-3/h8-13,16,19H,4-7,14-15,17H2,1-3H3,(H,26,28)/t19-/m1/s1. The molecule has 10 heteroatoms. The molecule has 0 bridgehead atoms. The third kappa shape index (κ3) is 6.52. The summed E-state index contributed by atoms with van der Waals surface area (Å²) in [5, 5.41) is 2.83. The van der Waals surface area contributed by atoms with Gasteiger partial charge in [-0.05, 0) is 55.7 Å². The molecule has 1 heterocycles. The minimum atomic E-state index is -3.90. The number of methoxy groups -OCH3 is 2. The fraction of sp³-hybridized carbons (Fsp3) is 0.440. The number of carbonyl (C=O) groups is 2. The molecule has 3 rings (SSSR count). The Morgan fingerprint density at radius 3 is 2.49 bits per heavy atom. The summed E-state index contributed by atoms with van der Waals surface area (Å²) >= 11 is 0. The molecule has 0 spiro atoms. The second-order valence-corrected chi connectivity index (χ2v) is 10.2. The number of ether oxygens (including phenoxy) is 3. The van der Waals surface area contributed by atoms with E-state index < -0.39 is 21.9 Å². The molecule has 1 aliphatic heterocycles. The Bertz CT molecular complexity index is 1130. The number of nitrogens with zero attached hydrogens (tertiary/aromatic N) is 1. The quantitative estimate of drug-likeness (QED) is 0.388. The molecule has 0 aliphatic carbocycles. The summed E-state index contributed by atoms with van der Waals surface area (Å²) in [5.41, 5.74) is 0.927. The lowest BCUT2D eigenvalue weighted by Gasteiger charge is -2.31. The molecule has 1 atom stereocenters. The van der Waals surface area contributed by atoms with Crippen LogP contribution in [0.2, 0.25) is 0 Å². The predicted octanol–water partition coefficient (Wildman–Crippen LogP) is 3.70. The van der Waals surface area contributed by atoms with Crippen LogP contribution in [0.5, 0.6) is 11.5 Å². The molecule has 1 aliphatic rings. The lowest BCUT2D eigenvalue weighted by Crippen LogP contribution is -2.43. The first-order valence-corrected chi connectivity index (χ1v) is 13.0. The van der Waals surface area contributed by atoms with E-state index in [-0.39, 0.29) is 23.1 Å². The molecule has 0 saturated carbocycles. The maximum absolute atomic E-state index is 13.4. The van der Waals surface area contributed by atoms with Crippen molar-refractivity contribution in [3.05, 3.63) is 48.0 Å². The van der Waals surface area contributed by atoms with Gasteiger partial charge in [0.1, 0.15) is 16.4 Å². The Morgan fingerprint density at radius 2 is 1.83 bits per heavy atom. The van der Waals surface area contributed by atoms with E-state index in [0.717, 1.165) is 12.8 Å². The second kappa shape index (κ2) is 12.0. The molecular weight excluding hydrogens is 472 g/mol. The Hall–Kier alpha value is -3.11. The normalized spacial score (nSPS) is 16.4. The molecule has 0 unspecified atom stereocenters. The number of amides is 1. The first kappa shape index (κ1) is 26.5. The van der Waals surface area contributed by atoms with Crippen molar-refractivity contribution >= 4 is 27.6 Å². The topological polar surface area (TPSA) is 111 Å². The minimum absolute atomic E-state index is 0.00168. The third-order valence-electron chi connectivity index (χ3n) is 5.86. The van der Waals surface area contributed by atoms with Gasteiger partial charge in [0.15, 0.2) is 0 Å². The van der Waals surface area contributed by atoms with Gasteiger partial charge in [0.2, 0.25) is 15.9 Å². The summed E-state index contributed by atoms with van der Waals surface area (Å²) in [6, 6.07) is 11.0. The van der Waals surface area contributed by atoms with Crippen LogP contribution in [0.3, 0.4) is 0 Å². The zero-order valence-electron chi connectivity index (χ0n) is 20.3. The number of benzene rings is 2. The molecule has 0 radical (unpaired) electrons. The van der Waals surface area contributed by atoms with Crippen LogP contribution in [0, 0.1) is 5.92 Å². The second-order valence-electron chi connectivity index (χ2n) is 8.28. The van der Waals surface area contributed by atoms with Gasteiger partial charge >= 0.3 is 5.97 Å². The summed E-state index contributed by atoms with van der Waals surface area (Å²) in [7, 11) is -1.04. The van der Waals surface area contributed by atoms with Gasteiger partial charge in [-0.25, -0.2) is 13.2 Å². The number of piperidine rings is 1. The average molecular weight is 505 g/mol. The van der Waals surface area contributed by atoms with Crippen molar-refractivity contribution in [2.75, 3.05) is 39.2 Å². The summed E-state index contributed by atoms with van der Waals surface area (Å²) < 4.78 is 43.7. The van der Waals surface area contributed by atoms with Gasteiger partial charge in [-0.15, -0.1) is 0 Å². The molecule has 0 aromatic heterocycles. The van der Waals surface area contributed by atoms with Gasteiger partial charge in [-0.3, -0.25) is 4.79 Å². The van der Waals surface area contributed by atoms with Crippen molar-refractivity contribution < 1.29 is 32.2 Å². The molecule has 2 aromatic carbocycles. The number of esters is 1. The van der Waals surface area contributed by atoms with Gasteiger partial charge < -0.3 is 19.5 Å². The van der Waals surface area contributed by atoms with Gasteiger partial charge in [-0.2, -0.15) is 4.31 Å². The van der Waals surface area contributed by atoms with E-state index in [1.54, 1.807) is 36.4 Å². The van der Waals surface area contributed by atoms with Crippen molar-refractivity contribution in [1.29, 1.82) is 0 Å². The van der Waals surface area contributed by atoms with Crippen molar-refractivity contribution in [3.8, 4) is 11.5 Å².